The summed E-state index contributed by atoms with van der Waals surface area (Å²) in [5, 5.41) is 22.3. The maximum atomic E-state index is 11.8. The Morgan fingerprint density at radius 2 is 1.50 bits per heavy atom. The van der Waals surface area contributed by atoms with Crippen LogP contribution in [0.15, 0.2) is 30.3 Å². The SMILES string of the molecule is C1CCC(NC2CCCCC2)CC1.O=C(O)C1CC(O)CN1C(=O)OCc1ccccc1. The number of benzene rings is 1. The van der Waals surface area contributed by atoms with Gasteiger partial charge in [-0.3, -0.25) is 4.90 Å². The van der Waals surface area contributed by atoms with Gasteiger partial charge in [0.25, 0.3) is 0 Å². The standard InChI is InChI=1S/C13H15NO5.C12H23N/c15-10-6-11(12(16)17)14(7-10)13(18)19-8-9-4-2-1-3-5-9;1-3-7-11(8-4-1)13-12-9-5-2-6-10-12/h1-5,10-11,15H,6-8H2,(H,16,17);11-13H,1-10H2. The quantitative estimate of drug-likeness (QED) is 0.630. The molecule has 0 aromatic heterocycles. The lowest BCUT2D eigenvalue weighted by Crippen LogP contribution is -2.40. The molecule has 7 nitrogen and oxygen atoms in total. The summed E-state index contributed by atoms with van der Waals surface area (Å²) in [6.07, 6.45) is 13.1. The van der Waals surface area contributed by atoms with Crippen molar-refractivity contribution in [1.82, 2.24) is 10.2 Å². The molecule has 1 heterocycles. The Balaban J connectivity index is 0.000000193. The summed E-state index contributed by atoms with van der Waals surface area (Å²) in [5.41, 5.74) is 0.822. The predicted molar refractivity (Wildman–Crippen MR) is 122 cm³/mol. The number of rotatable bonds is 5. The molecule has 0 radical (unpaired) electrons. The first-order valence-electron chi connectivity index (χ1n) is 12.2. The molecule has 4 rings (SSSR count). The highest BCUT2D eigenvalue weighted by Crippen LogP contribution is 2.23. The Bertz CT molecular complexity index is 686. The van der Waals surface area contributed by atoms with E-state index in [9.17, 15) is 14.7 Å². The van der Waals surface area contributed by atoms with E-state index in [1.807, 2.05) is 18.2 Å². The largest absolute Gasteiger partial charge is 0.480 e. The maximum Gasteiger partial charge on any atom is 0.410 e. The molecule has 1 saturated heterocycles. The van der Waals surface area contributed by atoms with Crippen molar-refractivity contribution in [1.29, 1.82) is 0 Å². The van der Waals surface area contributed by atoms with E-state index in [1.165, 1.54) is 64.2 Å². The van der Waals surface area contributed by atoms with Crippen LogP contribution in [0.25, 0.3) is 0 Å². The number of hydrogen-bond donors (Lipinski definition) is 3. The van der Waals surface area contributed by atoms with Crippen molar-refractivity contribution >= 4 is 12.1 Å². The van der Waals surface area contributed by atoms with Crippen LogP contribution in [-0.2, 0) is 16.1 Å². The van der Waals surface area contributed by atoms with Gasteiger partial charge in [-0.25, -0.2) is 9.59 Å². The lowest BCUT2D eigenvalue weighted by molar-refractivity contribution is -0.141. The van der Waals surface area contributed by atoms with E-state index in [0.717, 1.165) is 22.5 Å². The van der Waals surface area contributed by atoms with Crippen molar-refractivity contribution in [2.75, 3.05) is 6.54 Å². The number of likely N-dealkylation sites (tertiary alicyclic amines) is 1. The van der Waals surface area contributed by atoms with Gasteiger partial charge in [-0.05, 0) is 31.2 Å². The summed E-state index contributed by atoms with van der Waals surface area (Å²) in [4.78, 5) is 23.8. The van der Waals surface area contributed by atoms with Crippen LogP contribution in [0.2, 0.25) is 0 Å². The van der Waals surface area contributed by atoms with Gasteiger partial charge in [0.1, 0.15) is 12.6 Å². The topological polar surface area (TPSA) is 99.1 Å². The van der Waals surface area contributed by atoms with E-state index in [0.29, 0.717) is 0 Å². The van der Waals surface area contributed by atoms with E-state index < -0.39 is 24.2 Å². The first-order valence-corrected chi connectivity index (χ1v) is 12.2. The zero-order valence-electron chi connectivity index (χ0n) is 19.0. The van der Waals surface area contributed by atoms with Crippen LogP contribution >= 0.6 is 0 Å². The normalized spacial score (nSPS) is 24.5. The Kier molecular flexibility index (Phi) is 9.81. The van der Waals surface area contributed by atoms with E-state index in [-0.39, 0.29) is 19.6 Å². The van der Waals surface area contributed by atoms with E-state index >= 15 is 0 Å². The van der Waals surface area contributed by atoms with Crippen LogP contribution in [0.4, 0.5) is 4.79 Å². The Labute approximate surface area is 191 Å². The number of carboxylic acids is 1. The number of hydrogen-bond acceptors (Lipinski definition) is 5. The Morgan fingerprint density at radius 1 is 0.938 bits per heavy atom. The zero-order valence-corrected chi connectivity index (χ0v) is 19.0. The zero-order chi connectivity index (χ0) is 22.8. The smallest absolute Gasteiger partial charge is 0.410 e. The number of carbonyl (C=O) groups is 2. The minimum Gasteiger partial charge on any atom is -0.480 e. The second-order valence-corrected chi connectivity index (χ2v) is 9.27. The van der Waals surface area contributed by atoms with Crippen molar-refractivity contribution in [2.24, 2.45) is 0 Å². The van der Waals surface area contributed by atoms with Crippen LogP contribution in [0.5, 0.6) is 0 Å². The van der Waals surface area contributed by atoms with Gasteiger partial charge in [0.05, 0.1) is 12.6 Å². The van der Waals surface area contributed by atoms with Crippen molar-refractivity contribution in [3.8, 4) is 0 Å². The molecule has 1 aromatic rings. The van der Waals surface area contributed by atoms with Crippen LogP contribution in [0.1, 0.15) is 76.2 Å². The molecule has 2 atom stereocenters. The van der Waals surface area contributed by atoms with Gasteiger partial charge in [-0.1, -0.05) is 68.9 Å². The molecule has 2 aliphatic carbocycles. The third-order valence-corrected chi connectivity index (χ3v) is 6.69. The number of nitrogens with one attached hydrogen (secondary N) is 1. The minimum atomic E-state index is -1.13. The highest BCUT2D eigenvalue weighted by atomic mass is 16.6. The lowest BCUT2D eigenvalue weighted by atomic mass is 9.91. The monoisotopic (exact) mass is 446 g/mol. The van der Waals surface area contributed by atoms with Crippen LogP contribution in [0, 0.1) is 0 Å². The second kappa shape index (κ2) is 12.8. The molecule has 3 N–H and O–H groups in total. The summed E-state index contributed by atoms with van der Waals surface area (Å²) in [5.74, 6) is -1.13. The molecule has 7 heteroatoms. The average molecular weight is 447 g/mol. The predicted octanol–water partition coefficient (Wildman–Crippen LogP) is 4.08. The average Bonchev–Trinajstić information content (AvgIpc) is 3.22. The summed E-state index contributed by atoms with van der Waals surface area (Å²) in [7, 11) is 0. The number of aliphatic hydroxyl groups is 1. The molecule has 178 valence electrons. The number of nitrogens with zero attached hydrogens (tertiary/aromatic N) is 1. The molecule has 3 fully saturated rings. The fourth-order valence-electron chi connectivity index (χ4n) is 4.92. The van der Waals surface area contributed by atoms with Gasteiger partial charge in [-0.2, -0.15) is 0 Å². The molecule has 1 aliphatic heterocycles. The maximum absolute atomic E-state index is 11.8. The molecule has 0 bridgehead atoms. The van der Waals surface area contributed by atoms with E-state index in [4.69, 9.17) is 9.84 Å². The Hall–Kier alpha value is -2.12. The van der Waals surface area contributed by atoms with Gasteiger partial charge >= 0.3 is 12.1 Å². The van der Waals surface area contributed by atoms with Gasteiger partial charge in [0.2, 0.25) is 0 Å². The minimum absolute atomic E-state index is 0.00934. The molecule has 1 amide bonds. The molecule has 2 unspecified atom stereocenters. The van der Waals surface area contributed by atoms with Gasteiger partial charge in [0.15, 0.2) is 0 Å². The van der Waals surface area contributed by atoms with E-state index in [2.05, 4.69) is 5.32 Å². The summed E-state index contributed by atoms with van der Waals surface area (Å²) in [6, 6.07) is 9.84. The summed E-state index contributed by atoms with van der Waals surface area (Å²) < 4.78 is 5.05. The van der Waals surface area contributed by atoms with Gasteiger partial charge in [-0.15, -0.1) is 0 Å². The molecule has 3 aliphatic rings. The lowest BCUT2D eigenvalue weighted by Gasteiger charge is -2.30. The summed E-state index contributed by atoms with van der Waals surface area (Å²) in [6.45, 7) is 0.0726. The second-order valence-electron chi connectivity index (χ2n) is 9.27. The number of carbonyl (C=O) groups excluding carboxylic acids is 1. The molecule has 1 aromatic carbocycles. The number of carboxylic acid groups (broad SMARTS) is 1. The fraction of sp³-hybridized carbons (Fsp3) is 0.680. The summed E-state index contributed by atoms with van der Waals surface area (Å²) >= 11 is 0. The third kappa shape index (κ3) is 7.78. The number of β-amino-alcohol motifs (C(OH)–C–C–N with tert-alkyl or cyclic N) is 1. The molecule has 2 saturated carbocycles. The first-order chi connectivity index (χ1) is 15.5. The van der Waals surface area contributed by atoms with Crippen LogP contribution < -0.4 is 5.32 Å². The molecule has 32 heavy (non-hydrogen) atoms. The van der Waals surface area contributed by atoms with Crippen molar-refractivity contribution in [3.05, 3.63) is 35.9 Å². The number of aliphatic hydroxyl groups excluding tert-OH is 1. The van der Waals surface area contributed by atoms with Crippen molar-refractivity contribution < 1.29 is 24.5 Å². The number of aliphatic carboxylic acids is 1. The highest BCUT2D eigenvalue weighted by molar-refractivity contribution is 5.80. The van der Waals surface area contributed by atoms with Crippen LogP contribution in [0.3, 0.4) is 0 Å². The van der Waals surface area contributed by atoms with E-state index in [1.54, 1.807) is 12.1 Å². The highest BCUT2D eigenvalue weighted by Gasteiger charge is 2.39. The fourth-order valence-corrected chi connectivity index (χ4v) is 4.92. The Morgan fingerprint density at radius 3 is 2.03 bits per heavy atom. The van der Waals surface area contributed by atoms with Gasteiger partial charge in [0, 0.05) is 18.5 Å². The molecular formula is C25H38N2O5. The van der Waals surface area contributed by atoms with Crippen LogP contribution in [-0.4, -0.2) is 57.9 Å². The third-order valence-electron chi connectivity index (χ3n) is 6.69. The molecule has 0 spiro atoms. The van der Waals surface area contributed by atoms with Crippen molar-refractivity contribution in [3.63, 3.8) is 0 Å². The first kappa shape index (κ1) is 24.5. The number of amides is 1. The molecular weight excluding hydrogens is 408 g/mol. The van der Waals surface area contributed by atoms with Crippen molar-refractivity contribution in [2.45, 2.75) is 101 Å². The number of ether oxygens (including phenoxy) is 1. The van der Waals surface area contributed by atoms with Gasteiger partial charge < -0.3 is 20.3 Å².